The van der Waals surface area contributed by atoms with Crippen LogP contribution in [0.5, 0.6) is 0 Å². The molecule has 0 radical (unpaired) electrons. The van der Waals surface area contributed by atoms with Crippen LogP contribution >= 0.6 is 0 Å². The number of piperazine rings is 1. The van der Waals surface area contributed by atoms with Gasteiger partial charge in [0.25, 0.3) is 0 Å². The zero-order chi connectivity index (χ0) is 14.8. The van der Waals surface area contributed by atoms with Crippen LogP contribution in [0.1, 0.15) is 38.7 Å². The van der Waals surface area contributed by atoms with E-state index in [9.17, 15) is 4.39 Å². The molecule has 1 saturated heterocycles. The fourth-order valence-corrected chi connectivity index (χ4v) is 3.52. The topological polar surface area (TPSA) is 15.3 Å². The van der Waals surface area contributed by atoms with E-state index in [1.807, 2.05) is 12.1 Å². The van der Waals surface area contributed by atoms with Crippen LogP contribution in [0.2, 0.25) is 0 Å². The molecular weight excluding hydrogens is 263 g/mol. The Kier molecular flexibility index (Phi) is 4.60. The van der Waals surface area contributed by atoms with Gasteiger partial charge in [0.1, 0.15) is 5.82 Å². The van der Waals surface area contributed by atoms with Crippen molar-refractivity contribution in [3.8, 4) is 0 Å². The molecule has 21 heavy (non-hydrogen) atoms. The summed E-state index contributed by atoms with van der Waals surface area (Å²) in [6.45, 7) is 7.65. The second kappa shape index (κ2) is 6.45. The van der Waals surface area contributed by atoms with E-state index in [0.29, 0.717) is 18.0 Å². The normalized spacial score (nSPS) is 28.5. The molecule has 1 aliphatic carbocycles. The van der Waals surface area contributed by atoms with Crippen molar-refractivity contribution in [3.63, 3.8) is 0 Å². The minimum atomic E-state index is -0.121. The second-order valence-electron chi connectivity index (χ2n) is 6.86. The highest BCUT2D eigenvalue weighted by Crippen LogP contribution is 2.37. The van der Waals surface area contributed by atoms with Crippen LogP contribution in [0, 0.1) is 17.7 Å². The molecule has 2 aliphatic rings. The van der Waals surface area contributed by atoms with Crippen molar-refractivity contribution >= 4 is 0 Å². The number of rotatable bonds is 5. The van der Waals surface area contributed by atoms with E-state index in [-0.39, 0.29) is 5.82 Å². The summed E-state index contributed by atoms with van der Waals surface area (Å²) in [7, 11) is 0. The predicted octanol–water partition coefficient (Wildman–Crippen LogP) is 3.42. The lowest BCUT2D eigenvalue weighted by Gasteiger charge is -2.42. The zero-order valence-corrected chi connectivity index (χ0v) is 13.2. The molecule has 1 N–H and O–H groups in total. The van der Waals surface area contributed by atoms with Crippen LogP contribution in [0.15, 0.2) is 24.3 Å². The molecule has 0 aromatic heterocycles. The quantitative estimate of drug-likeness (QED) is 0.894. The van der Waals surface area contributed by atoms with E-state index in [4.69, 9.17) is 0 Å². The number of hydrogen-bond acceptors (Lipinski definition) is 2. The smallest absolute Gasteiger partial charge is 0.123 e. The third-order valence-electron chi connectivity index (χ3n) is 5.26. The molecule has 2 fully saturated rings. The van der Waals surface area contributed by atoms with E-state index in [0.717, 1.165) is 31.1 Å². The molecule has 1 aromatic rings. The highest BCUT2D eigenvalue weighted by atomic mass is 19.1. The van der Waals surface area contributed by atoms with Crippen molar-refractivity contribution in [1.29, 1.82) is 0 Å². The first-order chi connectivity index (χ1) is 10.2. The van der Waals surface area contributed by atoms with E-state index >= 15 is 0 Å². The molecule has 1 aromatic carbocycles. The molecule has 1 heterocycles. The molecule has 1 aliphatic heterocycles. The number of nitrogens with one attached hydrogen (secondary N) is 1. The fourth-order valence-electron chi connectivity index (χ4n) is 3.52. The largest absolute Gasteiger partial charge is 0.311 e. The molecule has 1 saturated carbocycles. The van der Waals surface area contributed by atoms with Crippen molar-refractivity contribution in [3.05, 3.63) is 35.6 Å². The van der Waals surface area contributed by atoms with Gasteiger partial charge in [-0.3, -0.25) is 4.90 Å². The molecule has 3 atom stereocenters. The third-order valence-corrected chi connectivity index (χ3v) is 5.26. The predicted molar refractivity (Wildman–Crippen MR) is 84.6 cm³/mol. The lowest BCUT2D eigenvalue weighted by atomic mass is 9.94. The summed E-state index contributed by atoms with van der Waals surface area (Å²) >= 11 is 0. The van der Waals surface area contributed by atoms with Gasteiger partial charge in [0.15, 0.2) is 0 Å². The van der Waals surface area contributed by atoms with E-state index in [2.05, 4.69) is 24.1 Å². The van der Waals surface area contributed by atoms with E-state index < -0.39 is 0 Å². The second-order valence-corrected chi connectivity index (χ2v) is 6.86. The van der Waals surface area contributed by atoms with Gasteiger partial charge in [0.05, 0.1) is 0 Å². The number of hydrogen-bond donors (Lipinski definition) is 1. The van der Waals surface area contributed by atoms with Gasteiger partial charge in [0, 0.05) is 31.7 Å². The fraction of sp³-hybridized carbons (Fsp3) is 0.667. The van der Waals surface area contributed by atoms with Crippen LogP contribution in [0.4, 0.5) is 4.39 Å². The summed E-state index contributed by atoms with van der Waals surface area (Å²) in [4.78, 5) is 2.60. The molecule has 3 rings (SSSR count). The number of halogens is 1. The van der Waals surface area contributed by atoms with Crippen molar-refractivity contribution in [2.75, 3.05) is 13.1 Å². The van der Waals surface area contributed by atoms with Crippen molar-refractivity contribution in [1.82, 2.24) is 10.2 Å². The van der Waals surface area contributed by atoms with Gasteiger partial charge in [-0.2, -0.15) is 0 Å². The van der Waals surface area contributed by atoms with Gasteiger partial charge in [-0.15, -0.1) is 0 Å². The first kappa shape index (κ1) is 15.0. The maximum absolute atomic E-state index is 13.4. The third kappa shape index (κ3) is 3.64. The van der Waals surface area contributed by atoms with Crippen LogP contribution < -0.4 is 5.32 Å². The van der Waals surface area contributed by atoms with Crippen LogP contribution in [0.25, 0.3) is 0 Å². The van der Waals surface area contributed by atoms with Gasteiger partial charge in [0.2, 0.25) is 0 Å². The standard InChI is InChI=1S/C18H27FN2/c1-3-13(2)17-12-21(18(10-20-17)15-7-8-15)11-14-5-4-6-16(19)9-14/h4-6,9,13,15,17-18,20H,3,7-8,10-12H2,1-2H3. The number of benzene rings is 1. The van der Waals surface area contributed by atoms with Gasteiger partial charge in [-0.05, 0) is 42.4 Å². The zero-order valence-electron chi connectivity index (χ0n) is 13.2. The highest BCUT2D eigenvalue weighted by molar-refractivity contribution is 5.17. The maximum Gasteiger partial charge on any atom is 0.123 e. The molecule has 3 heteroatoms. The Morgan fingerprint density at radius 1 is 1.38 bits per heavy atom. The van der Waals surface area contributed by atoms with Crippen LogP contribution in [-0.2, 0) is 6.54 Å². The van der Waals surface area contributed by atoms with Gasteiger partial charge >= 0.3 is 0 Å². The van der Waals surface area contributed by atoms with Crippen LogP contribution in [-0.4, -0.2) is 30.1 Å². The molecule has 2 nitrogen and oxygen atoms in total. The Balaban J connectivity index is 1.71. The lowest BCUT2D eigenvalue weighted by Crippen LogP contribution is -2.58. The van der Waals surface area contributed by atoms with Gasteiger partial charge < -0.3 is 5.32 Å². The van der Waals surface area contributed by atoms with Crippen molar-refractivity contribution in [2.45, 2.75) is 51.7 Å². The Morgan fingerprint density at radius 2 is 2.19 bits per heavy atom. The molecule has 0 spiro atoms. The van der Waals surface area contributed by atoms with E-state index in [1.165, 1.54) is 25.3 Å². The van der Waals surface area contributed by atoms with Crippen LogP contribution in [0.3, 0.4) is 0 Å². The molecule has 0 amide bonds. The Morgan fingerprint density at radius 3 is 2.86 bits per heavy atom. The molecule has 3 unspecified atom stereocenters. The lowest BCUT2D eigenvalue weighted by molar-refractivity contribution is 0.0890. The molecule has 116 valence electrons. The number of nitrogens with zero attached hydrogens (tertiary/aromatic N) is 1. The minimum absolute atomic E-state index is 0.121. The SMILES string of the molecule is CCC(C)C1CN(Cc2cccc(F)c2)C(C2CC2)CN1. The Bertz CT molecular complexity index is 472. The van der Waals surface area contributed by atoms with Crippen molar-refractivity contribution < 1.29 is 4.39 Å². The van der Waals surface area contributed by atoms with Crippen molar-refractivity contribution in [2.24, 2.45) is 11.8 Å². The van der Waals surface area contributed by atoms with Gasteiger partial charge in [-0.25, -0.2) is 4.39 Å². The van der Waals surface area contributed by atoms with Gasteiger partial charge in [-0.1, -0.05) is 32.4 Å². The highest BCUT2D eigenvalue weighted by Gasteiger charge is 2.39. The Labute approximate surface area is 127 Å². The summed E-state index contributed by atoms with van der Waals surface area (Å²) in [6, 6.07) is 8.29. The maximum atomic E-state index is 13.4. The van der Waals surface area contributed by atoms with E-state index in [1.54, 1.807) is 6.07 Å². The summed E-state index contributed by atoms with van der Waals surface area (Å²) in [5.41, 5.74) is 1.10. The Hall–Kier alpha value is -0.930. The summed E-state index contributed by atoms with van der Waals surface area (Å²) < 4.78 is 13.4. The minimum Gasteiger partial charge on any atom is -0.311 e. The monoisotopic (exact) mass is 290 g/mol. The molecular formula is C18H27FN2. The average Bonchev–Trinajstić information content (AvgIpc) is 3.31. The first-order valence-corrected chi connectivity index (χ1v) is 8.39. The molecule has 0 bridgehead atoms. The first-order valence-electron chi connectivity index (χ1n) is 8.39. The summed E-state index contributed by atoms with van der Waals surface area (Å²) in [6.07, 6.45) is 3.93. The summed E-state index contributed by atoms with van der Waals surface area (Å²) in [5, 5.41) is 3.75. The summed E-state index contributed by atoms with van der Waals surface area (Å²) in [5.74, 6) is 1.42. The average molecular weight is 290 g/mol.